The van der Waals surface area contributed by atoms with Crippen molar-refractivity contribution in [2.45, 2.75) is 20.5 Å². The fourth-order valence-corrected chi connectivity index (χ4v) is 1.24. The molecule has 0 saturated carbocycles. The molecule has 0 fully saturated rings. The van der Waals surface area contributed by atoms with Gasteiger partial charge in [0.05, 0.1) is 0 Å². The summed E-state index contributed by atoms with van der Waals surface area (Å²) >= 11 is 0. The molecular weight excluding hydrogens is 258 g/mol. The summed E-state index contributed by atoms with van der Waals surface area (Å²) in [6, 6.07) is 5.74. The number of carbonyl (C=O) groups excluding carboxylic acids is 1. The van der Waals surface area contributed by atoms with Crippen molar-refractivity contribution >= 4 is 11.5 Å². The largest absolute Gasteiger partial charge is 0.510 e. The van der Waals surface area contributed by atoms with E-state index in [2.05, 4.69) is 15.0 Å². The molecular formula is C12H12F2N2O3. The average molecular weight is 270 g/mol. The Balaban J connectivity index is 3.05. The molecule has 1 aromatic carbocycles. The molecule has 0 bridgehead atoms. The minimum absolute atomic E-state index is 0.0304. The van der Waals surface area contributed by atoms with Crippen LogP contribution in [0.5, 0.6) is 5.75 Å². The van der Waals surface area contributed by atoms with E-state index in [9.17, 15) is 18.7 Å². The Morgan fingerprint density at radius 2 is 1.95 bits per heavy atom. The Morgan fingerprint density at radius 3 is 2.47 bits per heavy atom. The standard InChI is InChI=1S/C12H12F2N2O3/c1-7(17)11(8(2)18)16-15-9-5-3-4-6-10(9)19-12(13)14/h3-6,12,17H,1-2H3/b11-7+,16-15?. The zero-order chi connectivity index (χ0) is 14.4. The number of hydrogen-bond donors (Lipinski definition) is 1. The first-order valence-electron chi connectivity index (χ1n) is 5.28. The van der Waals surface area contributed by atoms with Crippen molar-refractivity contribution in [1.29, 1.82) is 0 Å². The van der Waals surface area contributed by atoms with Gasteiger partial charge in [-0.15, -0.1) is 10.2 Å². The highest BCUT2D eigenvalue weighted by Crippen LogP contribution is 2.29. The van der Waals surface area contributed by atoms with Crippen LogP contribution in [0, 0.1) is 0 Å². The number of alkyl halides is 2. The van der Waals surface area contributed by atoms with Gasteiger partial charge in [0.2, 0.25) is 0 Å². The molecule has 0 radical (unpaired) electrons. The van der Waals surface area contributed by atoms with Crippen molar-refractivity contribution in [2.75, 3.05) is 0 Å². The number of aliphatic hydroxyl groups excluding tert-OH is 1. The maximum Gasteiger partial charge on any atom is 0.387 e. The molecule has 1 N–H and O–H groups in total. The number of halogens is 2. The lowest BCUT2D eigenvalue weighted by Crippen LogP contribution is -2.01. The molecule has 5 nitrogen and oxygen atoms in total. The van der Waals surface area contributed by atoms with E-state index in [1.807, 2.05) is 0 Å². The Hall–Kier alpha value is -2.31. The molecule has 0 aliphatic rings. The number of nitrogens with zero attached hydrogens (tertiary/aromatic N) is 2. The van der Waals surface area contributed by atoms with Gasteiger partial charge in [-0.25, -0.2) is 0 Å². The monoisotopic (exact) mass is 270 g/mol. The van der Waals surface area contributed by atoms with Crippen LogP contribution < -0.4 is 4.74 Å². The predicted octanol–water partition coefficient (Wildman–Crippen LogP) is 3.75. The van der Waals surface area contributed by atoms with Crippen LogP contribution >= 0.6 is 0 Å². The molecule has 0 spiro atoms. The first-order chi connectivity index (χ1) is 8.91. The Morgan fingerprint density at radius 1 is 1.32 bits per heavy atom. The van der Waals surface area contributed by atoms with Crippen LogP contribution in [0.4, 0.5) is 14.5 Å². The van der Waals surface area contributed by atoms with Crippen molar-refractivity contribution in [1.82, 2.24) is 0 Å². The molecule has 0 heterocycles. The number of benzene rings is 1. The van der Waals surface area contributed by atoms with E-state index in [-0.39, 0.29) is 22.9 Å². The molecule has 1 aromatic rings. The van der Waals surface area contributed by atoms with E-state index in [0.717, 1.165) is 0 Å². The first kappa shape index (κ1) is 14.7. The number of ether oxygens (including phenoxy) is 1. The topological polar surface area (TPSA) is 71.2 Å². The fourth-order valence-electron chi connectivity index (χ4n) is 1.24. The molecule has 0 aliphatic heterocycles. The molecule has 0 atom stereocenters. The van der Waals surface area contributed by atoms with Gasteiger partial charge in [0.15, 0.2) is 17.2 Å². The Bertz CT molecular complexity index is 523. The quantitative estimate of drug-likeness (QED) is 0.503. The molecule has 0 unspecified atom stereocenters. The highest BCUT2D eigenvalue weighted by Gasteiger charge is 2.10. The molecule has 0 amide bonds. The average Bonchev–Trinajstić information content (AvgIpc) is 2.29. The first-order valence-corrected chi connectivity index (χ1v) is 5.28. The number of para-hydroxylation sites is 1. The Labute approximate surface area is 108 Å². The van der Waals surface area contributed by atoms with Crippen LogP contribution in [-0.2, 0) is 4.79 Å². The smallest absolute Gasteiger partial charge is 0.387 e. The van der Waals surface area contributed by atoms with Crippen molar-refractivity contribution in [3.05, 3.63) is 35.7 Å². The second-order valence-corrected chi connectivity index (χ2v) is 3.54. The van der Waals surface area contributed by atoms with E-state index >= 15 is 0 Å². The number of rotatable bonds is 5. The number of Topliss-reactive ketones (excluding diaryl/α,β-unsaturated/α-hetero) is 1. The highest BCUT2D eigenvalue weighted by molar-refractivity contribution is 5.93. The number of carbonyl (C=O) groups is 1. The molecule has 0 aromatic heterocycles. The SMILES string of the molecule is CC(=O)/C(N=Nc1ccccc1OC(F)F)=C(/C)O. The fraction of sp³-hybridized carbons (Fsp3) is 0.250. The lowest BCUT2D eigenvalue weighted by atomic mass is 10.3. The van der Waals surface area contributed by atoms with Gasteiger partial charge in [-0.1, -0.05) is 12.1 Å². The summed E-state index contributed by atoms with van der Waals surface area (Å²) in [6.07, 6.45) is 0. The summed E-state index contributed by atoms with van der Waals surface area (Å²) in [5, 5.41) is 16.4. The van der Waals surface area contributed by atoms with E-state index in [0.29, 0.717) is 0 Å². The summed E-state index contributed by atoms with van der Waals surface area (Å²) in [5.74, 6) is -0.959. The van der Waals surface area contributed by atoms with Crippen molar-refractivity contribution < 1.29 is 23.4 Å². The molecule has 0 saturated heterocycles. The van der Waals surface area contributed by atoms with E-state index < -0.39 is 12.4 Å². The second-order valence-electron chi connectivity index (χ2n) is 3.54. The molecule has 102 valence electrons. The Kier molecular flexibility index (Phi) is 5.11. The minimum atomic E-state index is -2.99. The van der Waals surface area contributed by atoms with E-state index in [1.54, 1.807) is 6.07 Å². The number of aliphatic hydroxyl groups is 1. The number of hydrogen-bond acceptors (Lipinski definition) is 5. The normalized spacial score (nSPS) is 12.7. The molecule has 0 aliphatic carbocycles. The number of allylic oxidation sites excluding steroid dienone is 2. The van der Waals surface area contributed by atoms with Crippen molar-refractivity contribution in [3.8, 4) is 5.75 Å². The molecule has 1 rings (SSSR count). The van der Waals surface area contributed by atoms with Gasteiger partial charge in [-0.2, -0.15) is 8.78 Å². The zero-order valence-corrected chi connectivity index (χ0v) is 10.3. The molecule has 7 heteroatoms. The number of azo groups is 1. The van der Waals surface area contributed by atoms with Gasteiger partial charge < -0.3 is 9.84 Å². The third-order valence-electron chi connectivity index (χ3n) is 2.02. The third kappa shape index (κ3) is 4.46. The zero-order valence-electron chi connectivity index (χ0n) is 10.3. The maximum atomic E-state index is 12.2. The predicted molar refractivity (Wildman–Crippen MR) is 63.6 cm³/mol. The van der Waals surface area contributed by atoms with Crippen LogP contribution in [0.15, 0.2) is 46.0 Å². The van der Waals surface area contributed by atoms with Gasteiger partial charge in [0.25, 0.3) is 0 Å². The van der Waals surface area contributed by atoms with Crippen LogP contribution in [0.25, 0.3) is 0 Å². The second kappa shape index (κ2) is 6.58. The van der Waals surface area contributed by atoms with Crippen LogP contribution in [0.3, 0.4) is 0 Å². The van der Waals surface area contributed by atoms with Gasteiger partial charge >= 0.3 is 6.61 Å². The highest BCUT2D eigenvalue weighted by atomic mass is 19.3. The summed E-state index contributed by atoms with van der Waals surface area (Å²) < 4.78 is 28.6. The van der Waals surface area contributed by atoms with Crippen molar-refractivity contribution in [3.63, 3.8) is 0 Å². The van der Waals surface area contributed by atoms with Crippen molar-refractivity contribution in [2.24, 2.45) is 10.2 Å². The maximum absolute atomic E-state index is 12.2. The van der Waals surface area contributed by atoms with Gasteiger partial charge in [-0.05, 0) is 19.1 Å². The van der Waals surface area contributed by atoms with Crippen LogP contribution in [-0.4, -0.2) is 17.5 Å². The van der Waals surface area contributed by atoms with E-state index in [1.165, 1.54) is 32.0 Å². The summed E-state index contributed by atoms with van der Waals surface area (Å²) in [6.45, 7) is -0.508. The lowest BCUT2D eigenvalue weighted by Gasteiger charge is -2.06. The number of ketones is 1. The lowest BCUT2D eigenvalue weighted by molar-refractivity contribution is -0.113. The van der Waals surface area contributed by atoms with Gasteiger partial charge in [-0.3, -0.25) is 4.79 Å². The third-order valence-corrected chi connectivity index (χ3v) is 2.02. The van der Waals surface area contributed by atoms with Gasteiger partial charge in [0.1, 0.15) is 11.4 Å². The van der Waals surface area contributed by atoms with Crippen LogP contribution in [0.1, 0.15) is 13.8 Å². The van der Waals surface area contributed by atoms with E-state index in [4.69, 9.17) is 0 Å². The summed E-state index contributed by atoms with van der Waals surface area (Å²) in [4.78, 5) is 11.1. The van der Waals surface area contributed by atoms with Crippen LogP contribution in [0.2, 0.25) is 0 Å². The minimum Gasteiger partial charge on any atom is -0.510 e. The summed E-state index contributed by atoms with van der Waals surface area (Å²) in [7, 11) is 0. The summed E-state index contributed by atoms with van der Waals surface area (Å²) in [5.41, 5.74) is -0.213. The molecule has 19 heavy (non-hydrogen) atoms. The van der Waals surface area contributed by atoms with Gasteiger partial charge in [0, 0.05) is 6.92 Å².